The molecule has 0 aliphatic rings. The molecule has 0 saturated heterocycles. The molecule has 8 nitrogen and oxygen atoms in total. The van der Waals surface area contributed by atoms with Crippen molar-refractivity contribution >= 4 is 11.4 Å². The normalized spacial score (nSPS) is 10.0. The van der Waals surface area contributed by atoms with E-state index >= 15 is 0 Å². The quantitative estimate of drug-likeness (QED) is 0.575. The SMILES string of the molecule is Cc1[nH]c(=O)c([N+](=O)[O-])c(C)c1[N+](=O)[O-]. The summed E-state index contributed by atoms with van der Waals surface area (Å²) in [7, 11) is 0. The highest BCUT2D eigenvalue weighted by Gasteiger charge is 2.27. The Morgan fingerprint density at radius 1 is 1.07 bits per heavy atom. The van der Waals surface area contributed by atoms with Crippen LogP contribution < -0.4 is 5.56 Å². The van der Waals surface area contributed by atoms with Crippen molar-refractivity contribution in [1.82, 2.24) is 4.98 Å². The van der Waals surface area contributed by atoms with Gasteiger partial charge < -0.3 is 4.98 Å². The summed E-state index contributed by atoms with van der Waals surface area (Å²) in [6.07, 6.45) is 0. The molecule has 1 aromatic heterocycles. The van der Waals surface area contributed by atoms with Gasteiger partial charge in [-0.3, -0.25) is 25.0 Å². The third-order valence-electron chi connectivity index (χ3n) is 1.95. The molecule has 0 fully saturated rings. The van der Waals surface area contributed by atoms with Gasteiger partial charge in [-0.1, -0.05) is 0 Å². The number of nitro groups is 2. The summed E-state index contributed by atoms with van der Waals surface area (Å²) in [6.45, 7) is 2.49. The first kappa shape index (κ1) is 10.8. The number of nitrogens with one attached hydrogen (secondary N) is 1. The fourth-order valence-corrected chi connectivity index (χ4v) is 1.35. The molecule has 0 spiro atoms. The summed E-state index contributed by atoms with van der Waals surface area (Å²) in [5, 5.41) is 21.1. The molecule has 0 aromatic carbocycles. The van der Waals surface area contributed by atoms with E-state index in [1.165, 1.54) is 13.8 Å². The Labute approximate surface area is 82.8 Å². The average Bonchev–Trinajstić information content (AvgIpc) is 1.99. The summed E-state index contributed by atoms with van der Waals surface area (Å²) in [5.74, 6) is 0. The lowest BCUT2D eigenvalue weighted by Gasteiger charge is -2.00. The Morgan fingerprint density at radius 2 is 1.53 bits per heavy atom. The fourth-order valence-electron chi connectivity index (χ4n) is 1.35. The molecule has 15 heavy (non-hydrogen) atoms. The second-order valence-electron chi connectivity index (χ2n) is 2.92. The first-order valence-corrected chi connectivity index (χ1v) is 3.88. The third kappa shape index (κ3) is 1.68. The molecular weight excluding hydrogens is 206 g/mol. The highest BCUT2D eigenvalue weighted by Crippen LogP contribution is 2.25. The van der Waals surface area contributed by atoms with E-state index in [2.05, 4.69) is 4.98 Å². The van der Waals surface area contributed by atoms with Crippen LogP contribution in [0.15, 0.2) is 4.79 Å². The number of hydrogen-bond donors (Lipinski definition) is 1. The van der Waals surface area contributed by atoms with Gasteiger partial charge in [-0.05, 0) is 13.8 Å². The number of rotatable bonds is 2. The number of aromatic nitrogens is 1. The minimum atomic E-state index is -0.930. The van der Waals surface area contributed by atoms with Crippen molar-refractivity contribution in [2.45, 2.75) is 13.8 Å². The fraction of sp³-hybridized carbons (Fsp3) is 0.286. The van der Waals surface area contributed by atoms with Crippen LogP contribution in [0.25, 0.3) is 0 Å². The second kappa shape index (κ2) is 3.48. The maximum Gasteiger partial charge on any atom is 0.343 e. The predicted octanol–water partition coefficient (Wildman–Crippen LogP) is 0.808. The van der Waals surface area contributed by atoms with Crippen molar-refractivity contribution in [2.24, 2.45) is 0 Å². The van der Waals surface area contributed by atoms with Gasteiger partial charge >= 0.3 is 11.2 Å². The van der Waals surface area contributed by atoms with Crippen molar-refractivity contribution < 1.29 is 9.85 Å². The number of H-pyrrole nitrogens is 1. The molecule has 8 heteroatoms. The van der Waals surface area contributed by atoms with Crippen molar-refractivity contribution in [3.63, 3.8) is 0 Å². The number of pyridine rings is 1. The van der Waals surface area contributed by atoms with E-state index in [1.54, 1.807) is 0 Å². The summed E-state index contributed by atoms with van der Waals surface area (Å²) in [6, 6.07) is 0. The van der Waals surface area contributed by atoms with Gasteiger partial charge in [0.1, 0.15) is 5.56 Å². The first-order valence-electron chi connectivity index (χ1n) is 3.88. The summed E-state index contributed by atoms with van der Waals surface area (Å²) < 4.78 is 0. The maximum absolute atomic E-state index is 11.2. The van der Waals surface area contributed by atoms with Crippen molar-refractivity contribution in [3.05, 3.63) is 41.8 Å². The second-order valence-corrected chi connectivity index (χ2v) is 2.92. The molecule has 1 aromatic rings. The number of aromatic amines is 1. The largest absolute Gasteiger partial charge is 0.343 e. The molecule has 1 heterocycles. The average molecular weight is 213 g/mol. The van der Waals surface area contributed by atoms with Crippen LogP contribution in [0, 0.1) is 34.1 Å². The van der Waals surface area contributed by atoms with Crippen molar-refractivity contribution in [2.75, 3.05) is 0 Å². The van der Waals surface area contributed by atoms with Gasteiger partial charge in [-0.15, -0.1) is 0 Å². The Balaban J connectivity index is 3.72. The molecule has 0 saturated carbocycles. The zero-order valence-electron chi connectivity index (χ0n) is 7.94. The number of nitrogens with zero attached hydrogens (tertiary/aromatic N) is 2. The van der Waals surface area contributed by atoms with E-state index in [9.17, 15) is 25.0 Å². The van der Waals surface area contributed by atoms with Crippen LogP contribution in [0.1, 0.15) is 11.3 Å². The van der Waals surface area contributed by atoms with Crippen LogP contribution in [0.3, 0.4) is 0 Å². The van der Waals surface area contributed by atoms with Gasteiger partial charge in [0, 0.05) is 0 Å². The Kier molecular flexibility index (Phi) is 2.51. The lowest BCUT2D eigenvalue weighted by molar-refractivity contribution is -0.396. The molecular formula is C7H7N3O5. The van der Waals surface area contributed by atoms with Crippen LogP contribution in [0.4, 0.5) is 11.4 Å². The molecule has 0 bridgehead atoms. The molecule has 0 radical (unpaired) electrons. The number of hydrogen-bond acceptors (Lipinski definition) is 5. The lowest BCUT2D eigenvalue weighted by atomic mass is 10.2. The monoisotopic (exact) mass is 213 g/mol. The Morgan fingerprint density at radius 3 is 1.93 bits per heavy atom. The first-order chi connectivity index (χ1) is 6.86. The van der Waals surface area contributed by atoms with Crippen LogP contribution >= 0.6 is 0 Å². The standard InChI is InChI=1S/C7H7N3O5/c1-3-5(9(12)13)4(2)8-7(11)6(3)10(14)15/h1-2H3,(H,8,11). The van der Waals surface area contributed by atoms with Gasteiger partial charge in [0.05, 0.1) is 15.5 Å². The third-order valence-corrected chi connectivity index (χ3v) is 1.95. The highest BCUT2D eigenvalue weighted by atomic mass is 16.6. The van der Waals surface area contributed by atoms with Gasteiger partial charge in [0.2, 0.25) is 0 Å². The van der Waals surface area contributed by atoms with Gasteiger partial charge in [0.25, 0.3) is 5.69 Å². The number of aryl methyl sites for hydroxylation is 1. The van der Waals surface area contributed by atoms with Crippen LogP contribution in [-0.2, 0) is 0 Å². The topological polar surface area (TPSA) is 119 Å². The van der Waals surface area contributed by atoms with E-state index in [4.69, 9.17) is 0 Å². The van der Waals surface area contributed by atoms with Gasteiger partial charge in [-0.25, -0.2) is 0 Å². The molecule has 0 unspecified atom stereocenters. The van der Waals surface area contributed by atoms with Crippen LogP contribution in [0.5, 0.6) is 0 Å². The smallest absolute Gasteiger partial charge is 0.314 e. The van der Waals surface area contributed by atoms with E-state index in [1.807, 2.05) is 0 Å². The maximum atomic E-state index is 11.2. The minimum Gasteiger partial charge on any atom is -0.314 e. The molecule has 0 amide bonds. The molecule has 0 aliphatic heterocycles. The van der Waals surface area contributed by atoms with E-state index < -0.39 is 26.8 Å². The van der Waals surface area contributed by atoms with Crippen LogP contribution in [-0.4, -0.2) is 14.8 Å². The van der Waals surface area contributed by atoms with Gasteiger partial charge in [-0.2, -0.15) is 0 Å². The molecule has 1 N–H and O–H groups in total. The zero-order chi connectivity index (χ0) is 11.7. The van der Waals surface area contributed by atoms with E-state index in [-0.39, 0.29) is 11.3 Å². The Hall–Kier alpha value is -2.25. The molecule has 0 atom stereocenters. The summed E-state index contributed by atoms with van der Waals surface area (Å²) in [5.41, 5.74) is -2.37. The summed E-state index contributed by atoms with van der Waals surface area (Å²) in [4.78, 5) is 32.6. The van der Waals surface area contributed by atoms with Crippen molar-refractivity contribution in [1.29, 1.82) is 0 Å². The molecule has 80 valence electrons. The lowest BCUT2D eigenvalue weighted by Crippen LogP contribution is -2.16. The van der Waals surface area contributed by atoms with E-state index in [0.29, 0.717) is 0 Å². The molecule has 1 rings (SSSR count). The highest BCUT2D eigenvalue weighted by molar-refractivity contribution is 5.53. The van der Waals surface area contributed by atoms with Crippen molar-refractivity contribution in [3.8, 4) is 0 Å². The van der Waals surface area contributed by atoms with E-state index in [0.717, 1.165) is 0 Å². The summed E-state index contributed by atoms with van der Waals surface area (Å²) >= 11 is 0. The minimum absolute atomic E-state index is 0.00750. The van der Waals surface area contributed by atoms with Crippen LogP contribution in [0.2, 0.25) is 0 Å². The van der Waals surface area contributed by atoms with Gasteiger partial charge in [0.15, 0.2) is 0 Å². The molecule has 0 aliphatic carbocycles. The zero-order valence-corrected chi connectivity index (χ0v) is 7.94. The predicted molar refractivity (Wildman–Crippen MR) is 49.8 cm³/mol. The Bertz CT molecular complexity index is 504.